The molecule has 0 atom stereocenters. The van der Waals surface area contributed by atoms with E-state index in [2.05, 4.69) is 46.7 Å². The molecular formula is C26H29N5O2S. The van der Waals surface area contributed by atoms with Crippen molar-refractivity contribution in [3.05, 3.63) is 70.5 Å². The van der Waals surface area contributed by atoms with Gasteiger partial charge in [-0.25, -0.2) is 0 Å². The van der Waals surface area contributed by atoms with Crippen LogP contribution in [-0.2, 0) is 16.8 Å². The Morgan fingerprint density at radius 3 is 2.59 bits per heavy atom. The average molecular weight is 476 g/mol. The van der Waals surface area contributed by atoms with E-state index in [-0.39, 0.29) is 22.6 Å². The Kier molecular flexibility index (Phi) is 6.41. The molecule has 1 aliphatic rings. The maximum atomic E-state index is 13.1. The number of amides is 1. The predicted molar refractivity (Wildman–Crippen MR) is 135 cm³/mol. The van der Waals surface area contributed by atoms with Gasteiger partial charge in [-0.2, -0.15) is 0 Å². The third-order valence-electron chi connectivity index (χ3n) is 6.66. The van der Waals surface area contributed by atoms with Gasteiger partial charge in [-0.05, 0) is 37.0 Å². The van der Waals surface area contributed by atoms with E-state index in [9.17, 15) is 9.59 Å². The normalized spacial score (nSPS) is 14.5. The van der Waals surface area contributed by atoms with Gasteiger partial charge in [0.2, 0.25) is 11.7 Å². The number of hydrogen-bond donors (Lipinski definition) is 1. The molecule has 0 saturated heterocycles. The van der Waals surface area contributed by atoms with Crippen LogP contribution in [0.5, 0.6) is 0 Å². The van der Waals surface area contributed by atoms with E-state index in [1.807, 2.05) is 34.7 Å². The molecule has 0 bridgehead atoms. The topological polar surface area (TPSA) is 81.3 Å². The Morgan fingerprint density at radius 2 is 1.82 bits per heavy atom. The van der Waals surface area contributed by atoms with Crippen LogP contribution in [0.25, 0.3) is 16.7 Å². The first-order valence-corrected chi connectivity index (χ1v) is 12.9. The van der Waals surface area contributed by atoms with E-state index < -0.39 is 0 Å². The summed E-state index contributed by atoms with van der Waals surface area (Å²) in [6.45, 7) is 3.39. The van der Waals surface area contributed by atoms with Crippen molar-refractivity contribution in [2.45, 2.75) is 56.1 Å². The summed E-state index contributed by atoms with van der Waals surface area (Å²) in [6.07, 6.45) is 5.23. The average Bonchev–Trinajstić information content (AvgIpc) is 3.56. The maximum Gasteiger partial charge on any atom is 0.262 e. The first-order chi connectivity index (χ1) is 16.6. The molecule has 0 unspecified atom stereocenters. The highest BCUT2D eigenvalue weighted by Gasteiger charge is 2.44. The van der Waals surface area contributed by atoms with Crippen molar-refractivity contribution in [3.8, 4) is 0 Å². The third-order valence-corrected chi connectivity index (χ3v) is 7.59. The number of fused-ring (bicyclic) bond motifs is 3. The van der Waals surface area contributed by atoms with Gasteiger partial charge in [-0.3, -0.25) is 18.6 Å². The molecule has 2 aromatic carbocycles. The molecule has 7 nitrogen and oxygen atoms in total. The highest BCUT2D eigenvalue weighted by atomic mass is 32.2. The van der Waals surface area contributed by atoms with E-state index in [0.29, 0.717) is 29.4 Å². The zero-order chi connectivity index (χ0) is 23.5. The molecule has 176 valence electrons. The van der Waals surface area contributed by atoms with Crippen LogP contribution in [0.1, 0.15) is 44.6 Å². The van der Waals surface area contributed by atoms with Gasteiger partial charge in [0.05, 0.1) is 16.7 Å². The van der Waals surface area contributed by atoms with Crippen LogP contribution in [0.3, 0.4) is 0 Å². The van der Waals surface area contributed by atoms with E-state index in [1.54, 1.807) is 4.57 Å². The molecule has 0 aliphatic heterocycles. The summed E-state index contributed by atoms with van der Waals surface area (Å²) >= 11 is 1.35. The molecule has 0 radical (unpaired) electrons. The highest BCUT2D eigenvalue weighted by Crippen LogP contribution is 2.47. The number of nitrogens with one attached hydrogen (secondary N) is 1. The molecule has 2 aromatic heterocycles. The number of aromatic nitrogens is 4. The molecule has 0 spiro atoms. The number of para-hydroxylation sites is 1. The summed E-state index contributed by atoms with van der Waals surface area (Å²) in [7, 11) is 0. The SMILES string of the molecule is CCCCCn1c(=O)c2ccccc2n2c(SCC(=O)NCC3(c4ccccc4)CC3)nnc12. The number of carbonyl (C=O) groups excluding carboxylic acids is 1. The van der Waals surface area contributed by atoms with Crippen LogP contribution < -0.4 is 10.9 Å². The summed E-state index contributed by atoms with van der Waals surface area (Å²) in [6, 6.07) is 17.9. The molecule has 34 heavy (non-hydrogen) atoms. The van der Waals surface area contributed by atoms with Crippen LogP contribution in [0.15, 0.2) is 64.5 Å². The molecule has 8 heteroatoms. The van der Waals surface area contributed by atoms with Crippen molar-refractivity contribution in [1.82, 2.24) is 24.5 Å². The molecule has 4 aromatic rings. The van der Waals surface area contributed by atoms with Gasteiger partial charge in [0.25, 0.3) is 5.56 Å². The fourth-order valence-electron chi connectivity index (χ4n) is 4.51. The van der Waals surface area contributed by atoms with E-state index in [1.165, 1.54) is 17.3 Å². The molecular weight excluding hydrogens is 446 g/mol. The van der Waals surface area contributed by atoms with Crippen molar-refractivity contribution >= 4 is 34.3 Å². The Morgan fingerprint density at radius 1 is 1.06 bits per heavy atom. The number of carbonyl (C=O) groups is 1. The smallest absolute Gasteiger partial charge is 0.262 e. The minimum Gasteiger partial charge on any atom is -0.354 e. The van der Waals surface area contributed by atoms with Crippen LogP contribution in [0, 0.1) is 0 Å². The number of thioether (sulfide) groups is 1. The summed E-state index contributed by atoms with van der Waals surface area (Å²) in [5.41, 5.74) is 2.09. The standard InChI is InChI=1S/C26H29N5O2S/c1-2-3-9-16-30-23(33)20-12-7-8-13-21(20)31-24(30)28-29-25(31)34-17-22(32)27-18-26(14-15-26)19-10-5-4-6-11-19/h4-8,10-13H,2-3,9,14-18H2,1H3,(H,27,32). The monoisotopic (exact) mass is 475 g/mol. The predicted octanol–water partition coefficient (Wildman–Crippen LogP) is 4.17. The number of aryl methyl sites for hydroxylation is 1. The maximum absolute atomic E-state index is 13.1. The number of unbranched alkanes of at least 4 members (excludes halogenated alkanes) is 2. The molecule has 5 rings (SSSR count). The lowest BCUT2D eigenvalue weighted by atomic mass is 9.96. The Hall–Kier alpha value is -3.13. The molecule has 1 saturated carbocycles. The van der Waals surface area contributed by atoms with Crippen LogP contribution in [0.2, 0.25) is 0 Å². The fourth-order valence-corrected chi connectivity index (χ4v) is 5.28. The summed E-state index contributed by atoms with van der Waals surface area (Å²) in [4.78, 5) is 25.8. The lowest BCUT2D eigenvalue weighted by molar-refractivity contribution is -0.118. The fraction of sp³-hybridized carbons (Fsp3) is 0.385. The van der Waals surface area contributed by atoms with Crippen LogP contribution >= 0.6 is 11.8 Å². The Bertz CT molecular complexity index is 1370. The van der Waals surface area contributed by atoms with Gasteiger partial charge in [0.15, 0.2) is 5.16 Å². The van der Waals surface area contributed by atoms with Gasteiger partial charge in [-0.15, -0.1) is 10.2 Å². The quantitative estimate of drug-likeness (QED) is 0.275. The minimum absolute atomic E-state index is 0.0236. The first kappa shape index (κ1) is 22.7. The Balaban J connectivity index is 1.34. The molecule has 1 fully saturated rings. The number of nitrogens with zero attached hydrogens (tertiary/aromatic N) is 4. The number of hydrogen-bond acceptors (Lipinski definition) is 5. The lowest BCUT2D eigenvalue weighted by Crippen LogP contribution is -2.33. The lowest BCUT2D eigenvalue weighted by Gasteiger charge is -2.16. The second-order valence-electron chi connectivity index (χ2n) is 9.01. The van der Waals surface area contributed by atoms with Crippen LogP contribution in [-0.4, -0.2) is 37.4 Å². The van der Waals surface area contributed by atoms with Crippen molar-refractivity contribution in [2.24, 2.45) is 0 Å². The Labute approximate surface area is 202 Å². The minimum atomic E-state index is -0.0449. The van der Waals surface area contributed by atoms with Gasteiger partial charge in [-0.1, -0.05) is 74.0 Å². The molecule has 1 aliphatic carbocycles. The largest absolute Gasteiger partial charge is 0.354 e. The molecule has 2 heterocycles. The zero-order valence-electron chi connectivity index (χ0n) is 19.4. The summed E-state index contributed by atoms with van der Waals surface area (Å²) < 4.78 is 3.62. The number of benzene rings is 2. The van der Waals surface area contributed by atoms with Crippen molar-refractivity contribution in [2.75, 3.05) is 12.3 Å². The first-order valence-electron chi connectivity index (χ1n) is 11.9. The number of rotatable bonds is 10. The van der Waals surface area contributed by atoms with Crippen molar-refractivity contribution < 1.29 is 4.79 Å². The van der Waals surface area contributed by atoms with E-state index in [0.717, 1.165) is 37.6 Å². The van der Waals surface area contributed by atoms with Gasteiger partial charge >= 0.3 is 0 Å². The second-order valence-corrected chi connectivity index (χ2v) is 9.95. The zero-order valence-corrected chi connectivity index (χ0v) is 20.2. The second kappa shape index (κ2) is 9.62. The van der Waals surface area contributed by atoms with E-state index in [4.69, 9.17) is 0 Å². The summed E-state index contributed by atoms with van der Waals surface area (Å²) in [5.74, 6) is 0.753. The summed E-state index contributed by atoms with van der Waals surface area (Å²) in [5, 5.41) is 13.1. The molecule has 1 N–H and O–H groups in total. The van der Waals surface area contributed by atoms with Crippen molar-refractivity contribution in [3.63, 3.8) is 0 Å². The van der Waals surface area contributed by atoms with E-state index >= 15 is 0 Å². The third kappa shape index (κ3) is 4.34. The van der Waals surface area contributed by atoms with Gasteiger partial charge < -0.3 is 5.32 Å². The van der Waals surface area contributed by atoms with Gasteiger partial charge in [0.1, 0.15) is 0 Å². The van der Waals surface area contributed by atoms with Crippen molar-refractivity contribution in [1.29, 1.82) is 0 Å². The molecule has 1 amide bonds. The van der Waals surface area contributed by atoms with Gasteiger partial charge in [0, 0.05) is 18.5 Å². The van der Waals surface area contributed by atoms with Crippen LogP contribution in [0.4, 0.5) is 0 Å². The highest BCUT2D eigenvalue weighted by molar-refractivity contribution is 7.99.